The van der Waals surface area contributed by atoms with E-state index in [2.05, 4.69) is 36.2 Å². The number of hydrogen-bond acceptors (Lipinski definition) is 8. The van der Waals surface area contributed by atoms with E-state index in [-0.39, 0.29) is 23.7 Å². The summed E-state index contributed by atoms with van der Waals surface area (Å²) in [5, 5.41) is 12.9. The van der Waals surface area contributed by atoms with E-state index < -0.39 is 40.7 Å². The summed E-state index contributed by atoms with van der Waals surface area (Å²) in [6, 6.07) is 0. The number of nitrogens with zero attached hydrogens (tertiary/aromatic N) is 3. The quantitative estimate of drug-likeness (QED) is 0.441. The van der Waals surface area contributed by atoms with Gasteiger partial charge in [0.25, 0.3) is 5.56 Å². The number of esters is 1. The molecule has 1 amide bonds. The van der Waals surface area contributed by atoms with Gasteiger partial charge in [0.05, 0.1) is 11.2 Å². The van der Waals surface area contributed by atoms with Gasteiger partial charge in [-0.15, -0.1) is 0 Å². The van der Waals surface area contributed by atoms with Crippen LogP contribution in [0.4, 0.5) is 5.95 Å². The number of ether oxygens (including phenoxy) is 2. The summed E-state index contributed by atoms with van der Waals surface area (Å²) in [6.07, 6.45) is -1.22. The Labute approximate surface area is 154 Å². The fourth-order valence-corrected chi connectivity index (χ4v) is 3.15. The van der Waals surface area contributed by atoms with E-state index in [1.165, 1.54) is 24.7 Å². The first-order valence-corrected chi connectivity index (χ1v) is 8.55. The number of aliphatic hydroxyl groups is 1. The second-order valence-corrected chi connectivity index (χ2v) is 6.78. The third-order valence-electron chi connectivity index (χ3n) is 3.74. The average molecular weight is 430 g/mol. The first-order chi connectivity index (χ1) is 12.3. The molecule has 3 N–H and O–H groups in total. The largest absolute Gasteiger partial charge is 0.463 e. The molecule has 0 saturated carbocycles. The smallest absolute Gasteiger partial charge is 0.302 e. The predicted molar refractivity (Wildman–Crippen MR) is 91.7 cm³/mol. The molecule has 0 spiro atoms. The summed E-state index contributed by atoms with van der Waals surface area (Å²) < 4.78 is 12.1. The molecule has 0 unspecified atom stereocenters. The number of aliphatic hydroxyl groups excluding tert-OH is 1. The van der Waals surface area contributed by atoms with Crippen molar-refractivity contribution in [3.05, 3.63) is 16.7 Å². The number of fused-ring (bicyclic) bond motifs is 1. The number of amides is 1. The molecule has 11 nitrogen and oxygen atoms in total. The number of aromatic amines is 1. The van der Waals surface area contributed by atoms with E-state index in [1.54, 1.807) is 0 Å². The monoisotopic (exact) mass is 429 g/mol. The molecule has 1 saturated heterocycles. The van der Waals surface area contributed by atoms with Crippen molar-refractivity contribution >= 4 is 44.9 Å². The van der Waals surface area contributed by atoms with Crippen LogP contribution in [-0.2, 0) is 19.1 Å². The van der Waals surface area contributed by atoms with E-state index in [1.807, 2.05) is 0 Å². The van der Waals surface area contributed by atoms with Crippen molar-refractivity contribution in [2.24, 2.45) is 0 Å². The van der Waals surface area contributed by atoms with Gasteiger partial charge in [0.1, 0.15) is 18.8 Å². The zero-order valence-electron chi connectivity index (χ0n) is 13.8. The lowest BCUT2D eigenvalue weighted by atomic mass is 10.2. The minimum atomic E-state index is -1.02. The molecule has 0 radical (unpaired) electrons. The Bertz CT molecular complexity index is 911. The molecule has 1 aliphatic rings. The van der Waals surface area contributed by atoms with Gasteiger partial charge in [0.2, 0.25) is 11.9 Å². The van der Waals surface area contributed by atoms with Crippen LogP contribution in [0.3, 0.4) is 0 Å². The average Bonchev–Trinajstić information content (AvgIpc) is 3.08. The van der Waals surface area contributed by atoms with Gasteiger partial charge in [-0.25, -0.2) is 4.98 Å². The summed E-state index contributed by atoms with van der Waals surface area (Å²) in [5.74, 6) is -0.916. The molecule has 12 heteroatoms. The van der Waals surface area contributed by atoms with E-state index >= 15 is 0 Å². The Morgan fingerprint density at radius 1 is 1.50 bits per heavy atom. The third kappa shape index (κ3) is 3.48. The number of halogens is 1. The van der Waals surface area contributed by atoms with Crippen molar-refractivity contribution in [1.29, 1.82) is 0 Å². The van der Waals surface area contributed by atoms with Crippen LogP contribution in [0.5, 0.6) is 0 Å². The molecule has 2 aromatic rings. The van der Waals surface area contributed by atoms with Crippen LogP contribution < -0.4 is 10.9 Å². The van der Waals surface area contributed by atoms with Crippen LogP contribution >= 0.6 is 15.9 Å². The molecule has 0 bridgehead atoms. The van der Waals surface area contributed by atoms with E-state index in [9.17, 15) is 19.5 Å². The Morgan fingerprint density at radius 3 is 2.88 bits per heavy atom. The number of rotatable bonds is 4. The highest BCUT2D eigenvalue weighted by atomic mass is 79.9. The fraction of sp³-hybridized carbons (Fsp3) is 0.500. The predicted octanol–water partition coefficient (Wildman–Crippen LogP) is -0.337. The fourth-order valence-electron chi connectivity index (χ4n) is 2.61. The molecule has 1 fully saturated rings. The van der Waals surface area contributed by atoms with E-state index in [4.69, 9.17) is 9.47 Å². The third-order valence-corrected chi connectivity index (χ3v) is 4.87. The van der Waals surface area contributed by atoms with Crippen LogP contribution in [0.25, 0.3) is 11.2 Å². The topological polar surface area (TPSA) is 148 Å². The molecule has 3 rings (SSSR count). The standard InChI is InChI=1S/C14H16BrN5O6/c1-5(21)17-14-18-11-9(12(24)19-14)16-4-20(11)13-10(23)8(15)7(26-13)3-25-6(2)22/h4,7-8,10,13,23H,3H2,1-2H3,(H2,17,18,19,21,24)/t7-,8+,10-,13-/m1/s1. The zero-order chi connectivity index (χ0) is 19.0. The Morgan fingerprint density at radius 2 is 2.23 bits per heavy atom. The van der Waals surface area contributed by atoms with E-state index in [0.29, 0.717) is 0 Å². The maximum Gasteiger partial charge on any atom is 0.302 e. The maximum absolute atomic E-state index is 12.1. The Hall–Kier alpha value is -2.31. The zero-order valence-corrected chi connectivity index (χ0v) is 15.4. The second kappa shape index (κ2) is 7.13. The summed E-state index contributed by atoms with van der Waals surface area (Å²) >= 11 is 3.33. The maximum atomic E-state index is 12.1. The molecule has 2 aromatic heterocycles. The van der Waals surface area contributed by atoms with Gasteiger partial charge >= 0.3 is 5.97 Å². The van der Waals surface area contributed by atoms with Crippen LogP contribution in [0.15, 0.2) is 11.1 Å². The van der Waals surface area contributed by atoms with Gasteiger partial charge in [-0.2, -0.15) is 4.98 Å². The molecular formula is C14H16BrN5O6. The van der Waals surface area contributed by atoms with Crippen LogP contribution in [0.1, 0.15) is 20.1 Å². The van der Waals surface area contributed by atoms with Crippen molar-refractivity contribution in [1.82, 2.24) is 19.5 Å². The number of alkyl halides is 1. The number of hydrogen-bond donors (Lipinski definition) is 3. The van der Waals surface area contributed by atoms with Crippen molar-refractivity contribution in [3.63, 3.8) is 0 Å². The molecule has 3 heterocycles. The van der Waals surface area contributed by atoms with Crippen molar-refractivity contribution < 1.29 is 24.2 Å². The number of carbonyl (C=O) groups is 2. The minimum absolute atomic E-state index is 0.0319. The minimum Gasteiger partial charge on any atom is -0.463 e. The molecule has 0 aromatic carbocycles. The van der Waals surface area contributed by atoms with Gasteiger partial charge in [-0.3, -0.25) is 29.3 Å². The Kier molecular flexibility index (Phi) is 5.07. The van der Waals surface area contributed by atoms with Crippen molar-refractivity contribution in [3.8, 4) is 0 Å². The highest BCUT2D eigenvalue weighted by molar-refractivity contribution is 9.09. The number of H-pyrrole nitrogens is 1. The molecule has 1 aliphatic heterocycles. The lowest BCUT2D eigenvalue weighted by molar-refractivity contribution is -0.145. The lowest BCUT2D eigenvalue weighted by Gasteiger charge is -2.16. The summed E-state index contributed by atoms with van der Waals surface area (Å²) in [7, 11) is 0. The molecular weight excluding hydrogens is 414 g/mol. The summed E-state index contributed by atoms with van der Waals surface area (Å²) in [5.41, 5.74) is -0.379. The van der Waals surface area contributed by atoms with Crippen molar-refractivity contribution in [2.75, 3.05) is 11.9 Å². The Balaban J connectivity index is 1.94. The number of carbonyl (C=O) groups excluding carboxylic acids is 2. The van der Waals surface area contributed by atoms with Gasteiger partial charge < -0.3 is 14.6 Å². The number of imidazole rings is 1. The second-order valence-electron chi connectivity index (χ2n) is 5.72. The van der Waals surface area contributed by atoms with E-state index in [0.717, 1.165) is 0 Å². The lowest BCUT2D eigenvalue weighted by Crippen LogP contribution is -2.29. The number of nitrogens with one attached hydrogen (secondary N) is 2. The van der Waals surface area contributed by atoms with Crippen LogP contribution in [0, 0.1) is 0 Å². The first-order valence-electron chi connectivity index (χ1n) is 7.63. The molecule has 4 atom stereocenters. The van der Waals surface area contributed by atoms with Crippen LogP contribution in [0.2, 0.25) is 0 Å². The highest BCUT2D eigenvalue weighted by Gasteiger charge is 2.44. The normalized spacial score (nSPS) is 25.4. The molecule has 140 valence electrons. The first kappa shape index (κ1) is 18.5. The highest BCUT2D eigenvalue weighted by Crippen LogP contribution is 2.35. The molecule has 0 aliphatic carbocycles. The van der Waals surface area contributed by atoms with Crippen LogP contribution in [-0.4, -0.2) is 60.1 Å². The number of anilines is 1. The van der Waals surface area contributed by atoms with Gasteiger partial charge in [-0.05, 0) is 0 Å². The van der Waals surface area contributed by atoms with Gasteiger partial charge in [0.15, 0.2) is 17.4 Å². The summed E-state index contributed by atoms with van der Waals surface area (Å²) in [6.45, 7) is 2.51. The molecule has 26 heavy (non-hydrogen) atoms. The SMILES string of the molecule is CC(=O)Nc1nc2c(ncn2[C@@H]2O[C@H](COC(C)=O)[C@H](Br)[C@H]2O)c(=O)[nH]1. The summed E-state index contributed by atoms with van der Waals surface area (Å²) in [4.78, 5) is 44.3. The van der Waals surface area contributed by atoms with Gasteiger partial charge in [-0.1, -0.05) is 15.9 Å². The van der Waals surface area contributed by atoms with Gasteiger partial charge in [0, 0.05) is 13.8 Å². The van der Waals surface area contributed by atoms with Crippen molar-refractivity contribution in [2.45, 2.75) is 37.1 Å². The number of aromatic nitrogens is 4.